The van der Waals surface area contributed by atoms with E-state index in [1.54, 1.807) is 0 Å². The van der Waals surface area contributed by atoms with E-state index in [-0.39, 0.29) is 0 Å². The number of nitrogens with one attached hydrogen (secondary N) is 1. The van der Waals surface area contributed by atoms with Crippen LogP contribution in [0.3, 0.4) is 0 Å². The molecule has 0 bridgehead atoms. The number of guanidine groups is 1. The van der Waals surface area contributed by atoms with Gasteiger partial charge in [0.05, 0.1) is 0 Å². The molecular formula is C16H25N3. The molecule has 1 aromatic carbocycles. The SMILES string of the molecule is CN=C(NCc1ccc(C)cc1)N1CCC(C)CC1. The van der Waals surface area contributed by atoms with Crippen LogP contribution >= 0.6 is 0 Å². The topological polar surface area (TPSA) is 27.6 Å². The first-order valence-electron chi connectivity index (χ1n) is 7.20. The van der Waals surface area contributed by atoms with E-state index in [0.29, 0.717) is 0 Å². The Balaban J connectivity index is 1.87. The monoisotopic (exact) mass is 259 g/mol. The van der Waals surface area contributed by atoms with E-state index in [4.69, 9.17) is 0 Å². The molecule has 0 unspecified atom stereocenters. The van der Waals surface area contributed by atoms with Gasteiger partial charge in [-0.3, -0.25) is 4.99 Å². The van der Waals surface area contributed by atoms with Crippen LogP contribution in [0.25, 0.3) is 0 Å². The lowest BCUT2D eigenvalue weighted by Gasteiger charge is -2.32. The van der Waals surface area contributed by atoms with Gasteiger partial charge < -0.3 is 10.2 Å². The second-order valence-electron chi connectivity index (χ2n) is 5.56. The summed E-state index contributed by atoms with van der Waals surface area (Å²) < 4.78 is 0. The lowest BCUT2D eigenvalue weighted by Crippen LogP contribution is -2.45. The maximum absolute atomic E-state index is 4.40. The Morgan fingerprint density at radius 3 is 2.47 bits per heavy atom. The van der Waals surface area contributed by atoms with Gasteiger partial charge >= 0.3 is 0 Å². The first kappa shape index (κ1) is 13.9. The predicted molar refractivity (Wildman–Crippen MR) is 81.3 cm³/mol. The largest absolute Gasteiger partial charge is 0.352 e. The van der Waals surface area contributed by atoms with Crippen molar-refractivity contribution in [2.75, 3.05) is 20.1 Å². The van der Waals surface area contributed by atoms with Gasteiger partial charge in [-0.25, -0.2) is 0 Å². The van der Waals surface area contributed by atoms with Crippen molar-refractivity contribution in [2.45, 2.75) is 33.2 Å². The fraction of sp³-hybridized carbons (Fsp3) is 0.562. The van der Waals surface area contributed by atoms with Gasteiger partial charge in [-0.1, -0.05) is 36.8 Å². The Morgan fingerprint density at radius 1 is 1.26 bits per heavy atom. The van der Waals surface area contributed by atoms with Crippen LogP contribution in [-0.2, 0) is 6.54 Å². The van der Waals surface area contributed by atoms with Gasteiger partial charge in [-0.05, 0) is 31.2 Å². The number of nitrogens with zero attached hydrogens (tertiary/aromatic N) is 2. The molecule has 1 aromatic rings. The van der Waals surface area contributed by atoms with Crippen LogP contribution in [0.15, 0.2) is 29.3 Å². The second kappa shape index (κ2) is 6.60. The summed E-state index contributed by atoms with van der Waals surface area (Å²) in [5.41, 5.74) is 2.61. The third-order valence-electron chi connectivity index (χ3n) is 3.87. The molecule has 1 heterocycles. The van der Waals surface area contributed by atoms with Crippen molar-refractivity contribution in [3.63, 3.8) is 0 Å². The summed E-state index contributed by atoms with van der Waals surface area (Å²) in [4.78, 5) is 6.77. The molecule has 3 heteroatoms. The Kier molecular flexibility index (Phi) is 4.83. The molecule has 0 spiro atoms. The van der Waals surface area contributed by atoms with Crippen LogP contribution in [0.4, 0.5) is 0 Å². The summed E-state index contributed by atoms with van der Waals surface area (Å²) in [7, 11) is 1.87. The highest BCUT2D eigenvalue weighted by molar-refractivity contribution is 5.79. The van der Waals surface area contributed by atoms with Gasteiger partial charge in [0.25, 0.3) is 0 Å². The van der Waals surface area contributed by atoms with Crippen LogP contribution in [0.5, 0.6) is 0 Å². The molecule has 1 aliphatic rings. The van der Waals surface area contributed by atoms with E-state index >= 15 is 0 Å². The van der Waals surface area contributed by atoms with Crippen molar-refractivity contribution >= 4 is 5.96 Å². The van der Waals surface area contributed by atoms with Crippen LogP contribution in [0, 0.1) is 12.8 Å². The van der Waals surface area contributed by atoms with Gasteiger partial charge in [0.15, 0.2) is 5.96 Å². The fourth-order valence-electron chi connectivity index (χ4n) is 2.44. The smallest absolute Gasteiger partial charge is 0.193 e. The summed E-state index contributed by atoms with van der Waals surface area (Å²) in [6, 6.07) is 8.66. The molecule has 1 saturated heterocycles. The van der Waals surface area contributed by atoms with Gasteiger partial charge in [0.1, 0.15) is 0 Å². The zero-order valence-electron chi connectivity index (χ0n) is 12.3. The van der Waals surface area contributed by atoms with E-state index in [0.717, 1.165) is 31.5 Å². The van der Waals surface area contributed by atoms with Gasteiger partial charge in [0, 0.05) is 26.7 Å². The zero-order valence-corrected chi connectivity index (χ0v) is 12.3. The van der Waals surface area contributed by atoms with Gasteiger partial charge in [-0.2, -0.15) is 0 Å². The lowest BCUT2D eigenvalue weighted by atomic mass is 9.99. The summed E-state index contributed by atoms with van der Waals surface area (Å²) in [6.45, 7) is 7.54. The molecule has 1 aliphatic heterocycles. The first-order chi connectivity index (χ1) is 9.19. The summed E-state index contributed by atoms with van der Waals surface area (Å²) >= 11 is 0. The molecule has 1 fully saturated rings. The highest BCUT2D eigenvalue weighted by Gasteiger charge is 2.18. The molecule has 0 aliphatic carbocycles. The number of aryl methyl sites for hydroxylation is 1. The van der Waals surface area contributed by atoms with E-state index in [1.807, 2.05) is 7.05 Å². The highest BCUT2D eigenvalue weighted by Crippen LogP contribution is 2.16. The van der Waals surface area contributed by atoms with E-state index in [9.17, 15) is 0 Å². The summed E-state index contributed by atoms with van der Waals surface area (Å²) in [6.07, 6.45) is 2.54. The van der Waals surface area contributed by atoms with Crippen molar-refractivity contribution in [2.24, 2.45) is 10.9 Å². The number of benzene rings is 1. The molecule has 2 rings (SSSR count). The van der Waals surface area contributed by atoms with Crippen molar-refractivity contribution in [1.29, 1.82) is 0 Å². The Labute approximate surface area is 116 Å². The third kappa shape index (κ3) is 3.98. The number of likely N-dealkylation sites (tertiary alicyclic amines) is 1. The number of piperidine rings is 1. The first-order valence-corrected chi connectivity index (χ1v) is 7.20. The number of aliphatic imine (C=N–C) groups is 1. The fourth-order valence-corrected chi connectivity index (χ4v) is 2.44. The van der Waals surface area contributed by atoms with Crippen LogP contribution in [0.2, 0.25) is 0 Å². The maximum Gasteiger partial charge on any atom is 0.193 e. The highest BCUT2D eigenvalue weighted by atomic mass is 15.3. The molecule has 1 N–H and O–H groups in total. The Bertz CT molecular complexity index is 414. The summed E-state index contributed by atoms with van der Waals surface area (Å²) in [5.74, 6) is 1.89. The maximum atomic E-state index is 4.40. The van der Waals surface area contributed by atoms with Crippen LogP contribution in [-0.4, -0.2) is 31.0 Å². The second-order valence-corrected chi connectivity index (χ2v) is 5.56. The summed E-state index contributed by atoms with van der Waals surface area (Å²) in [5, 5.41) is 3.47. The average Bonchev–Trinajstić information content (AvgIpc) is 2.43. The van der Waals surface area contributed by atoms with Gasteiger partial charge in [0.2, 0.25) is 0 Å². The van der Waals surface area contributed by atoms with Crippen molar-refractivity contribution in [3.05, 3.63) is 35.4 Å². The lowest BCUT2D eigenvalue weighted by molar-refractivity contribution is 0.273. The average molecular weight is 259 g/mol. The van der Waals surface area contributed by atoms with E-state index < -0.39 is 0 Å². The molecule has 0 radical (unpaired) electrons. The predicted octanol–water partition coefficient (Wildman–Crippen LogP) is 2.80. The Morgan fingerprint density at radius 2 is 1.89 bits per heavy atom. The molecule has 0 saturated carbocycles. The molecule has 0 amide bonds. The van der Waals surface area contributed by atoms with E-state index in [2.05, 4.69) is 53.3 Å². The van der Waals surface area contributed by atoms with Crippen LogP contribution in [0.1, 0.15) is 30.9 Å². The molecule has 0 atom stereocenters. The quantitative estimate of drug-likeness (QED) is 0.653. The van der Waals surface area contributed by atoms with Crippen molar-refractivity contribution in [3.8, 4) is 0 Å². The minimum absolute atomic E-state index is 0.846. The minimum Gasteiger partial charge on any atom is -0.352 e. The molecule has 3 nitrogen and oxygen atoms in total. The zero-order chi connectivity index (χ0) is 13.7. The van der Waals surface area contributed by atoms with Crippen LogP contribution < -0.4 is 5.32 Å². The van der Waals surface area contributed by atoms with E-state index in [1.165, 1.54) is 24.0 Å². The Hall–Kier alpha value is -1.51. The normalized spacial score (nSPS) is 17.6. The van der Waals surface area contributed by atoms with Crippen molar-refractivity contribution < 1.29 is 0 Å². The number of hydrogen-bond acceptors (Lipinski definition) is 1. The third-order valence-corrected chi connectivity index (χ3v) is 3.87. The van der Waals surface area contributed by atoms with Crippen molar-refractivity contribution in [1.82, 2.24) is 10.2 Å². The minimum atomic E-state index is 0.846. The molecular weight excluding hydrogens is 234 g/mol. The number of rotatable bonds is 2. The molecule has 0 aromatic heterocycles. The number of hydrogen-bond donors (Lipinski definition) is 1. The molecule has 104 valence electrons. The molecule has 19 heavy (non-hydrogen) atoms. The standard InChI is InChI=1S/C16H25N3/c1-13-4-6-15(7-5-13)12-18-16(17-3)19-10-8-14(2)9-11-19/h4-7,14H,8-12H2,1-3H3,(H,17,18). The van der Waals surface area contributed by atoms with Gasteiger partial charge in [-0.15, -0.1) is 0 Å².